The molecule has 2 N–H and O–H groups in total. The number of rotatable bonds is 7. The molecule has 0 spiro atoms. The van der Waals surface area contributed by atoms with Crippen LogP contribution < -0.4 is 15.4 Å². The Hall–Kier alpha value is -4.86. The summed E-state index contributed by atoms with van der Waals surface area (Å²) in [6.07, 6.45) is 2.15. The average Bonchev–Trinajstić information content (AvgIpc) is 3.73. The first-order valence-corrected chi connectivity index (χ1v) is 12.0. The van der Waals surface area contributed by atoms with Crippen LogP contribution in [0.25, 0.3) is 10.9 Å². The second-order valence-electron chi connectivity index (χ2n) is 9.23. The molecule has 1 aliphatic carbocycles. The minimum atomic E-state index is -1.28. The summed E-state index contributed by atoms with van der Waals surface area (Å²) >= 11 is 0. The number of fused-ring (bicyclic) bond motifs is 1. The van der Waals surface area contributed by atoms with Crippen molar-refractivity contribution in [2.45, 2.75) is 19.8 Å². The number of nitrogens with one attached hydrogen (secondary N) is 2. The zero-order valence-electron chi connectivity index (χ0n) is 21.0. The highest BCUT2D eigenvalue weighted by Crippen LogP contribution is 2.47. The van der Waals surface area contributed by atoms with Crippen LogP contribution in [0.1, 0.15) is 28.8 Å². The minimum Gasteiger partial charge on any atom is -0.465 e. The SMILES string of the molecule is COC(=O)c1cc2nccc(Oc3ccc(NC(=O)C4(C(=O)Nc5ccc(F)cc5)CC4)cc3F)c2cc1C. The van der Waals surface area contributed by atoms with E-state index in [0.29, 0.717) is 46.3 Å². The molecule has 1 saturated carbocycles. The molecule has 0 saturated heterocycles. The molecule has 2 amide bonds. The summed E-state index contributed by atoms with van der Waals surface area (Å²) in [4.78, 5) is 41.9. The van der Waals surface area contributed by atoms with Crippen LogP contribution in [-0.4, -0.2) is 29.9 Å². The lowest BCUT2D eigenvalue weighted by molar-refractivity contribution is -0.131. The molecular formula is C29H23F2N3O5. The van der Waals surface area contributed by atoms with Crippen LogP contribution in [0, 0.1) is 24.0 Å². The number of anilines is 2. The molecule has 10 heteroatoms. The molecular weight excluding hydrogens is 508 g/mol. The highest BCUT2D eigenvalue weighted by molar-refractivity contribution is 6.16. The van der Waals surface area contributed by atoms with Gasteiger partial charge in [-0.1, -0.05) is 0 Å². The third-order valence-corrected chi connectivity index (χ3v) is 6.58. The van der Waals surface area contributed by atoms with Crippen LogP contribution in [0.15, 0.2) is 66.9 Å². The summed E-state index contributed by atoms with van der Waals surface area (Å²) in [5.41, 5.74) is 0.717. The summed E-state index contributed by atoms with van der Waals surface area (Å²) in [7, 11) is 1.29. The molecule has 0 bridgehead atoms. The van der Waals surface area contributed by atoms with Gasteiger partial charge in [-0.15, -0.1) is 0 Å². The summed E-state index contributed by atoms with van der Waals surface area (Å²) in [6.45, 7) is 1.74. The van der Waals surface area contributed by atoms with E-state index < -0.39 is 34.8 Å². The van der Waals surface area contributed by atoms with Gasteiger partial charge in [0.1, 0.15) is 17.0 Å². The number of carbonyl (C=O) groups excluding carboxylic acids is 3. The van der Waals surface area contributed by atoms with Crippen molar-refractivity contribution in [1.29, 1.82) is 0 Å². The summed E-state index contributed by atoms with van der Waals surface area (Å²) in [5, 5.41) is 5.80. The first-order chi connectivity index (χ1) is 18.7. The number of ether oxygens (including phenoxy) is 2. The van der Waals surface area contributed by atoms with Crippen molar-refractivity contribution in [2.75, 3.05) is 17.7 Å². The molecule has 198 valence electrons. The largest absolute Gasteiger partial charge is 0.465 e. The monoisotopic (exact) mass is 531 g/mol. The highest BCUT2D eigenvalue weighted by Gasteiger charge is 2.56. The smallest absolute Gasteiger partial charge is 0.338 e. The molecule has 0 aliphatic heterocycles. The first kappa shape index (κ1) is 25.8. The summed E-state index contributed by atoms with van der Waals surface area (Å²) in [5.74, 6) is -2.51. The van der Waals surface area contributed by atoms with Crippen LogP contribution in [0.5, 0.6) is 11.5 Å². The quantitative estimate of drug-likeness (QED) is 0.232. The Balaban J connectivity index is 1.31. The maximum Gasteiger partial charge on any atom is 0.338 e. The summed E-state index contributed by atoms with van der Waals surface area (Å²) < 4.78 is 38.8. The number of aromatic nitrogens is 1. The van der Waals surface area contributed by atoms with Gasteiger partial charge in [-0.05, 0) is 79.9 Å². The van der Waals surface area contributed by atoms with Crippen molar-refractivity contribution in [3.8, 4) is 11.5 Å². The van der Waals surface area contributed by atoms with Gasteiger partial charge in [0, 0.05) is 29.0 Å². The van der Waals surface area contributed by atoms with Crippen molar-refractivity contribution in [2.24, 2.45) is 5.41 Å². The van der Waals surface area contributed by atoms with Crippen molar-refractivity contribution in [1.82, 2.24) is 4.98 Å². The van der Waals surface area contributed by atoms with Crippen molar-refractivity contribution < 1.29 is 32.6 Å². The van der Waals surface area contributed by atoms with Crippen LogP contribution in [0.4, 0.5) is 20.2 Å². The van der Waals surface area contributed by atoms with Gasteiger partial charge in [0.25, 0.3) is 0 Å². The molecule has 5 rings (SSSR count). The highest BCUT2D eigenvalue weighted by atomic mass is 19.1. The van der Waals surface area contributed by atoms with Gasteiger partial charge in [-0.2, -0.15) is 0 Å². The van der Waals surface area contributed by atoms with Crippen molar-refractivity contribution in [3.63, 3.8) is 0 Å². The molecule has 0 unspecified atom stereocenters. The van der Waals surface area contributed by atoms with Gasteiger partial charge in [0.2, 0.25) is 11.8 Å². The number of halogens is 2. The number of nitrogens with zero attached hydrogens (tertiary/aromatic N) is 1. The molecule has 1 aliphatic rings. The Bertz CT molecular complexity index is 1620. The van der Waals surface area contributed by atoms with Crippen molar-refractivity contribution in [3.05, 3.63) is 89.6 Å². The van der Waals surface area contributed by atoms with E-state index in [1.54, 1.807) is 25.1 Å². The number of aryl methyl sites for hydroxylation is 1. The van der Waals surface area contributed by atoms with Gasteiger partial charge >= 0.3 is 5.97 Å². The zero-order valence-corrected chi connectivity index (χ0v) is 21.0. The van der Waals surface area contributed by atoms with Crippen LogP contribution in [0.2, 0.25) is 0 Å². The normalized spacial score (nSPS) is 13.4. The standard InChI is InChI=1S/C29H23F2N3O5/c1-16-13-21-23(15-20(16)26(35)38-2)32-12-9-24(21)39-25-8-7-19(14-22(25)31)34-28(37)29(10-11-29)27(36)33-18-5-3-17(30)4-6-18/h3-9,12-15H,10-11H2,1-2H3,(H,33,36)(H,34,37). The third kappa shape index (κ3) is 5.13. The molecule has 1 aromatic heterocycles. The number of amides is 2. The van der Waals surface area contributed by atoms with Crippen LogP contribution >= 0.6 is 0 Å². The molecule has 1 heterocycles. The molecule has 39 heavy (non-hydrogen) atoms. The number of hydrogen-bond donors (Lipinski definition) is 2. The van der Waals surface area contributed by atoms with Gasteiger partial charge in [-0.25, -0.2) is 13.6 Å². The van der Waals surface area contributed by atoms with E-state index >= 15 is 4.39 Å². The predicted molar refractivity (Wildman–Crippen MR) is 140 cm³/mol. The van der Waals surface area contributed by atoms with Gasteiger partial charge in [-0.3, -0.25) is 14.6 Å². The minimum absolute atomic E-state index is 0.0922. The first-order valence-electron chi connectivity index (χ1n) is 12.0. The van der Waals surface area contributed by atoms with E-state index in [-0.39, 0.29) is 11.4 Å². The number of esters is 1. The van der Waals surface area contributed by atoms with E-state index in [1.165, 1.54) is 49.7 Å². The maximum absolute atomic E-state index is 15.0. The molecule has 0 radical (unpaired) electrons. The van der Waals surface area contributed by atoms with Gasteiger partial charge in [0.15, 0.2) is 11.6 Å². The number of methoxy groups -OCH3 is 1. The predicted octanol–water partition coefficient (Wildman–Crippen LogP) is 5.76. The Morgan fingerprint density at radius 3 is 2.18 bits per heavy atom. The third-order valence-electron chi connectivity index (χ3n) is 6.58. The summed E-state index contributed by atoms with van der Waals surface area (Å²) in [6, 6.07) is 14.0. The number of hydrogen-bond acceptors (Lipinski definition) is 6. The van der Waals surface area contributed by atoms with Crippen LogP contribution in [-0.2, 0) is 14.3 Å². The molecule has 3 aromatic carbocycles. The number of pyridine rings is 1. The Labute approximate surface area is 222 Å². The Morgan fingerprint density at radius 2 is 1.54 bits per heavy atom. The van der Waals surface area contributed by atoms with E-state index in [9.17, 15) is 18.8 Å². The number of benzene rings is 3. The van der Waals surface area contributed by atoms with Gasteiger partial charge < -0.3 is 20.1 Å². The number of carbonyl (C=O) groups is 3. The van der Waals surface area contributed by atoms with Gasteiger partial charge in [0.05, 0.1) is 18.2 Å². The zero-order chi connectivity index (χ0) is 27.7. The fraction of sp³-hybridized carbons (Fsp3) is 0.172. The topological polar surface area (TPSA) is 107 Å². The van der Waals surface area contributed by atoms with E-state index in [0.717, 1.165) is 6.07 Å². The molecule has 4 aromatic rings. The molecule has 8 nitrogen and oxygen atoms in total. The average molecular weight is 532 g/mol. The lowest BCUT2D eigenvalue weighted by Gasteiger charge is -2.16. The van der Waals surface area contributed by atoms with Crippen molar-refractivity contribution >= 4 is 40.1 Å². The lowest BCUT2D eigenvalue weighted by atomic mass is 10.0. The van der Waals surface area contributed by atoms with E-state index in [2.05, 4.69) is 15.6 Å². The fourth-order valence-corrected chi connectivity index (χ4v) is 4.19. The Kier molecular flexibility index (Phi) is 6.69. The Morgan fingerprint density at radius 1 is 0.872 bits per heavy atom. The van der Waals surface area contributed by atoms with Crippen LogP contribution in [0.3, 0.4) is 0 Å². The lowest BCUT2D eigenvalue weighted by Crippen LogP contribution is -2.35. The maximum atomic E-state index is 15.0. The second kappa shape index (κ2) is 10.1. The second-order valence-corrected chi connectivity index (χ2v) is 9.23. The van der Waals surface area contributed by atoms with E-state index in [1.807, 2.05) is 0 Å². The molecule has 1 fully saturated rings. The fourth-order valence-electron chi connectivity index (χ4n) is 4.19. The van der Waals surface area contributed by atoms with E-state index in [4.69, 9.17) is 9.47 Å². The molecule has 0 atom stereocenters.